The molecule has 0 aliphatic rings. The summed E-state index contributed by atoms with van der Waals surface area (Å²) in [5, 5.41) is 19.8. The molecule has 0 spiro atoms. The number of carboxylic acid groups (broad SMARTS) is 1. The van der Waals surface area contributed by atoms with Crippen molar-refractivity contribution in [3.8, 4) is 0 Å². The van der Waals surface area contributed by atoms with E-state index in [2.05, 4.69) is 30.7 Å². The van der Waals surface area contributed by atoms with Gasteiger partial charge in [0.1, 0.15) is 5.69 Å². The van der Waals surface area contributed by atoms with E-state index in [1.807, 2.05) is 66.3 Å². The second kappa shape index (κ2) is 13.0. The van der Waals surface area contributed by atoms with Gasteiger partial charge in [0.2, 0.25) is 17.7 Å². The maximum atomic E-state index is 13.3. The molecule has 0 saturated heterocycles. The van der Waals surface area contributed by atoms with Crippen LogP contribution in [0.5, 0.6) is 0 Å². The molecular weight excluding hydrogens is 614 g/mol. The lowest BCUT2D eigenvalue weighted by atomic mass is 10.1. The number of imidazole rings is 2. The van der Waals surface area contributed by atoms with Gasteiger partial charge >= 0.3 is 5.97 Å². The van der Waals surface area contributed by atoms with Crippen molar-refractivity contribution in [3.63, 3.8) is 0 Å². The molecule has 0 unspecified atom stereocenters. The molecule has 2 aromatic carbocycles. The number of hydrogen-bond acceptors (Lipinski definition) is 8. The van der Waals surface area contributed by atoms with Gasteiger partial charge in [-0.1, -0.05) is 31.2 Å². The van der Waals surface area contributed by atoms with E-state index in [1.165, 1.54) is 6.07 Å². The van der Waals surface area contributed by atoms with Gasteiger partial charge in [0, 0.05) is 26.6 Å². The van der Waals surface area contributed by atoms with Crippen LogP contribution in [0.15, 0.2) is 59.0 Å². The lowest BCUT2D eigenvalue weighted by Crippen LogP contribution is -2.19. The number of rotatable bonds is 11. The first-order valence-corrected chi connectivity index (χ1v) is 15.6. The molecule has 14 heteroatoms. The Labute approximate surface area is 275 Å². The third-order valence-electron chi connectivity index (χ3n) is 7.91. The van der Waals surface area contributed by atoms with Gasteiger partial charge in [-0.25, -0.2) is 19.7 Å². The lowest BCUT2D eigenvalue weighted by molar-refractivity contribution is 0.0696. The molecule has 6 aromatic rings. The van der Waals surface area contributed by atoms with Crippen LogP contribution in [0.3, 0.4) is 0 Å². The molecule has 0 atom stereocenters. The number of aromatic nitrogens is 7. The number of nitrogens with one attached hydrogen (secondary N) is 2. The number of carbonyl (C=O) groups excluding carboxylic acids is 2. The summed E-state index contributed by atoms with van der Waals surface area (Å²) in [6.07, 6.45) is 4.35. The molecule has 0 saturated carbocycles. The predicted octanol–water partition coefficient (Wildman–Crippen LogP) is 5.54. The van der Waals surface area contributed by atoms with E-state index < -0.39 is 11.9 Å². The fourth-order valence-electron chi connectivity index (χ4n) is 5.77. The topological polar surface area (TPSA) is 175 Å². The minimum atomic E-state index is -1.07. The summed E-state index contributed by atoms with van der Waals surface area (Å²) in [4.78, 5) is 51.9. The first-order chi connectivity index (χ1) is 23.1. The van der Waals surface area contributed by atoms with E-state index >= 15 is 0 Å². The molecule has 0 radical (unpaired) electrons. The number of hydrogen-bond donors (Lipinski definition) is 3. The van der Waals surface area contributed by atoms with Crippen LogP contribution in [0.25, 0.3) is 22.1 Å². The fourth-order valence-corrected chi connectivity index (χ4v) is 5.77. The van der Waals surface area contributed by atoms with Gasteiger partial charge in [-0.3, -0.25) is 24.9 Å². The maximum Gasteiger partial charge on any atom is 0.335 e. The van der Waals surface area contributed by atoms with Gasteiger partial charge < -0.3 is 18.7 Å². The molecule has 3 N–H and O–H groups in total. The summed E-state index contributed by atoms with van der Waals surface area (Å²) < 4.78 is 11.0. The number of oxazole rings is 1. The summed E-state index contributed by atoms with van der Waals surface area (Å²) in [5.74, 6) is -0.796. The van der Waals surface area contributed by atoms with Crippen molar-refractivity contribution in [2.45, 2.75) is 60.7 Å². The van der Waals surface area contributed by atoms with Crippen LogP contribution in [0.2, 0.25) is 0 Å². The molecule has 4 aromatic heterocycles. The Morgan fingerprint density at radius 2 is 1.56 bits per heavy atom. The van der Waals surface area contributed by atoms with Crippen molar-refractivity contribution in [2.24, 2.45) is 0 Å². The van der Waals surface area contributed by atoms with Crippen LogP contribution >= 0.6 is 0 Å². The van der Waals surface area contributed by atoms with Gasteiger partial charge in [-0.05, 0) is 63.1 Å². The molecule has 0 bridgehead atoms. The number of carbonyl (C=O) groups is 3. The smallest absolute Gasteiger partial charge is 0.335 e. The van der Waals surface area contributed by atoms with Crippen molar-refractivity contribution in [1.82, 2.24) is 33.9 Å². The number of carboxylic acids is 1. The highest BCUT2D eigenvalue weighted by molar-refractivity contribution is 6.04. The normalized spacial score (nSPS) is 11.6. The number of aromatic carboxylic acids is 1. The van der Waals surface area contributed by atoms with Crippen LogP contribution < -0.4 is 10.6 Å². The highest BCUT2D eigenvalue weighted by Gasteiger charge is 2.22. The summed E-state index contributed by atoms with van der Waals surface area (Å²) >= 11 is 0. The van der Waals surface area contributed by atoms with Gasteiger partial charge in [0.25, 0.3) is 11.8 Å². The van der Waals surface area contributed by atoms with E-state index in [-0.39, 0.29) is 23.2 Å². The lowest BCUT2D eigenvalue weighted by Gasteiger charge is -2.10. The first kappa shape index (κ1) is 31.9. The minimum Gasteiger partial charge on any atom is -0.478 e. The predicted molar refractivity (Wildman–Crippen MR) is 179 cm³/mol. The number of benzene rings is 2. The zero-order chi connectivity index (χ0) is 34.1. The Bertz CT molecular complexity index is 2230. The summed E-state index contributed by atoms with van der Waals surface area (Å²) in [6.45, 7) is 10.3. The number of nitrogens with zero attached hydrogens (tertiary/aromatic N) is 7. The SMILES string of the molecule is CCc1nc(C)oc1C(=O)Nc1nc2cc(C(=O)O)cc(C)c2n1C/C=C/Cn1c(NC(=O)c2cc(C)nn2CC)nc2ccccc21. The molecule has 4 heterocycles. The van der Waals surface area contributed by atoms with Crippen molar-refractivity contribution in [3.05, 3.63) is 94.5 Å². The number of aryl methyl sites for hydroxylation is 5. The zero-order valence-corrected chi connectivity index (χ0v) is 27.2. The standard InChI is InChI=1S/C34H35N9O5/c1-6-23-29(48-21(5)35-23)31(45)39-34-37-25-18-22(32(46)47)16-19(3)28(25)42(34)15-11-10-14-41-26-13-9-8-12-24(26)36-33(41)38-30(44)27-17-20(4)40-43(27)7-2/h8-13,16-18H,6-7,14-15H2,1-5H3,(H,46,47)(H,36,38,44)(H,37,39,45)/b11-10+. The van der Waals surface area contributed by atoms with E-state index in [1.54, 1.807) is 30.7 Å². The van der Waals surface area contributed by atoms with Crippen molar-refractivity contribution in [1.29, 1.82) is 0 Å². The molecule has 0 aliphatic carbocycles. The van der Waals surface area contributed by atoms with Crippen LogP contribution in [-0.2, 0) is 26.1 Å². The summed E-state index contributed by atoms with van der Waals surface area (Å²) in [5.41, 5.74) is 5.16. The highest BCUT2D eigenvalue weighted by Crippen LogP contribution is 2.27. The van der Waals surface area contributed by atoms with Gasteiger partial charge in [0.15, 0.2) is 5.89 Å². The molecular formula is C34H35N9O5. The highest BCUT2D eigenvalue weighted by atomic mass is 16.4. The average molecular weight is 650 g/mol. The third kappa shape index (κ3) is 6.07. The van der Waals surface area contributed by atoms with E-state index in [0.717, 1.165) is 16.7 Å². The van der Waals surface area contributed by atoms with Crippen LogP contribution in [0.1, 0.15) is 68.1 Å². The number of anilines is 2. The van der Waals surface area contributed by atoms with Crippen LogP contribution in [-0.4, -0.2) is 56.8 Å². The molecule has 2 amide bonds. The second-order valence-electron chi connectivity index (χ2n) is 11.3. The van der Waals surface area contributed by atoms with Crippen molar-refractivity contribution < 1.29 is 23.9 Å². The van der Waals surface area contributed by atoms with Gasteiger partial charge in [-0.2, -0.15) is 5.10 Å². The quantitative estimate of drug-likeness (QED) is 0.152. The monoisotopic (exact) mass is 649 g/mol. The molecule has 14 nitrogen and oxygen atoms in total. The second-order valence-corrected chi connectivity index (χ2v) is 11.3. The Morgan fingerprint density at radius 1 is 0.875 bits per heavy atom. The van der Waals surface area contributed by atoms with E-state index in [4.69, 9.17) is 4.42 Å². The summed E-state index contributed by atoms with van der Waals surface area (Å²) in [7, 11) is 0. The Balaban J connectivity index is 1.31. The molecule has 0 fully saturated rings. The number of para-hydroxylation sites is 2. The Hall–Kier alpha value is -6.05. The number of fused-ring (bicyclic) bond motifs is 2. The van der Waals surface area contributed by atoms with Gasteiger partial charge in [-0.15, -0.1) is 0 Å². The van der Waals surface area contributed by atoms with E-state index in [9.17, 15) is 19.5 Å². The molecule has 0 aliphatic heterocycles. The molecule has 246 valence electrons. The summed E-state index contributed by atoms with van der Waals surface area (Å²) in [6, 6.07) is 12.4. The number of amides is 2. The Morgan fingerprint density at radius 3 is 2.29 bits per heavy atom. The van der Waals surface area contributed by atoms with Crippen molar-refractivity contribution >= 4 is 51.7 Å². The average Bonchev–Trinajstić information content (AvgIpc) is 3.81. The minimum absolute atomic E-state index is 0.0934. The maximum absolute atomic E-state index is 13.3. The van der Waals surface area contributed by atoms with Crippen LogP contribution in [0.4, 0.5) is 11.9 Å². The first-order valence-electron chi connectivity index (χ1n) is 15.6. The zero-order valence-electron chi connectivity index (χ0n) is 27.2. The van der Waals surface area contributed by atoms with Gasteiger partial charge in [0.05, 0.1) is 39.0 Å². The third-order valence-corrected chi connectivity index (χ3v) is 7.91. The molecule has 48 heavy (non-hydrogen) atoms. The fraction of sp³-hybridized carbons (Fsp3) is 0.265. The van der Waals surface area contributed by atoms with E-state index in [0.29, 0.717) is 65.9 Å². The largest absolute Gasteiger partial charge is 0.478 e. The molecule has 6 rings (SSSR count). The van der Waals surface area contributed by atoms with Crippen LogP contribution in [0, 0.1) is 20.8 Å². The number of allylic oxidation sites excluding steroid dienone is 2. The van der Waals surface area contributed by atoms with Crippen molar-refractivity contribution in [2.75, 3.05) is 10.6 Å². The Kier molecular flexibility index (Phi) is 8.63.